The van der Waals surface area contributed by atoms with E-state index in [9.17, 15) is 4.39 Å². The zero-order chi connectivity index (χ0) is 8.43. The van der Waals surface area contributed by atoms with E-state index in [2.05, 4.69) is 0 Å². The normalized spacial score (nSPS) is 9.64. The maximum atomic E-state index is 12.8. The van der Waals surface area contributed by atoms with E-state index in [0.29, 0.717) is 16.8 Å². The molecule has 1 aromatic carbocycles. The Bertz CT molecular complexity index is 294. The average molecular weight is 152 g/mol. The minimum atomic E-state index is -0.322. The molecule has 0 saturated carbocycles. The summed E-state index contributed by atoms with van der Waals surface area (Å²) in [6.45, 7) is 1.64. The highest BCUT2D eigenvalue weighted by Gasteiger charge is 2.01. The fourth-order valence-corrected chi connectivity index (χ4v) is 0.844. The summed E-state index contributed by atoms with van der Waals surface area (Å²) in [7, 11) is 0. The van der Waals surface area contributed by atoms with Crippen LogP contribution in [0.25, 0.3) is 0 Å². The van der Waals surface area contributed by atoms with E-state index in [4.69, 9.17) is 11.1 Å². The predicted molar refractivity (Wildman–Crippen MR) is 43.4 cm³/mol. The third kappa shape index (κ3) is 1.37. The average Bonchev–Trinajstić information content (AvgIpc) is 1.97. The van der Waals surface area contributed by atoms with Crippen molar-refractivity contribution in [1.29, 1.82) is 5.41 Å². The molecule has 1 aromatic rings. The van der Waals surface area contributed by atoms with Gasteiger partial charge in [0.2, 0.25) is 0 Å². The molecule has 0 fully saturated rings. The van der Waals surface area contributed by atoms with Gasteiger partial charge in [0.1, 0.15) is 5.82 Å². The molecule has 0 bridgehead atoms. The molecule has 0 aromatic heterocycles. The quantitative estimate of drug-likeness (QED) is 0.467. The maximum Gasteiger partial charge on any atom is 0.126 e. The van der Waals surface area contributed by atoms with Crippen molar-refractivity contribution in [2.75, 3.05) is 5.73 Å². The van der Waals surface area contributed by atoms with Gasteiger partial charge in [-0.2, -0.15) is 0 Å². The molecule has 0 aliphatic rings. The first-order chi connectivity index (χ1) is 5.15. The first-order valence-corrected chi connectivity index (χ1v) is 3.21. The summed E-state index contributed by atoms with van der Waals surface area (Å²) in [4.78, 5) is 0. The molecule has 0 amide bonds. The van der Waals surface area contributed by atoms with E-state index in [1.54, 1.807) is 6.92 Å². The van der Waals surface area contributed by atoms with Crippen LogP contribution in [0.1, 0.15) is 11.1 Å². The van der Waals surface area contributed by atoms with Crippen molar-refractivity contribution in [1.82, 2.24) is 0 Å². The van der Waals surface area contributed by atoms with Crippen molar-refractivity contribution in [3.8, 4) is 0 Å². The summed E-state index contributed by atoms with van der Waals surface area (Å²) >= 11 is 0. The number of rotatable bonds is 1. The van der Waals surface area contributed by atoms with Crippen LogP contribution in [0.4, 0.5) is 10.1 Å². The highest BCUT2D eigenvalue weighted by Crippen LogP contribution is 2.15. The van der Waals surface area contributed by atoms with Gasteiger partial charge < -0.3 is 11.1 Å². The minimum Gasteiger partial charge on any atom is -0.398 e. The van der Waals surface area contributed by atoms with Crippen LogP contribution in [0, 0.1) is 18.2 Å². The second-order valence-electron chi connectivity index (χ2n) is 2.37. The molecule has 0 heterocycles. The van der Waals surface area contributed by atoms with Crippen LogP contribution >= 0.6 is 0 Å². The molecule has 0 atom stereocenters. The second kappa shape index (κ2) is 2.70. The van der Waals surface area contributed by atoms with Crippen molar-refractivity contribution in [2.45, 2.75) is 6.92 Å². The Balaban J connectivity index is 3.31. The highest BCUT2D eigenvalue weighted by molar-refractivity contribution is 5.84. The summed E-state index contributed by atoms with van der Waals surface area (Å²) in [5, 5.41) is 6.88. The van der Waals surface area contributed by atoms with Crippen LogP contribution in [0.2, 0.25) is 0 Å². The van der Waals surface area contributed by atoms with Crippen molar-refractivity contribution in [3.05, 3.63) is 29.1 Å². The number of hydrogen-bond acceptors (Lipinski definition) is 2. The molecular weight excluding hydrogens is 143 g/mol. The van der Waals surface area contributed by atoms with E-state index in [1.165, 1.54) is 12.1 Å². The summed E-state index contributed by atoms with van der Waals surface area (Å²) in [6, 6.07) is 2.79. The van der Waals surface area contributed by atoms with Gasteiger partial charge in [-0.05, 0) is 24.6 Å². The molecule has 3 heteroatoms. The molecule has 0 radical (unpaired) electrons. The van der Waals surface area contributed by atoms with E-state index >= 15 is 0 Å². The van der Waals surface area contributed by atoms with Crippen molar-refractivity contribution >= 4 is 11.9 Å². The molecular formula is C8H9FN2. The van der Waals surface area contributed by atoms with Gasteiger partial charge in [-0.1, -0.05) is 0 Å². The number of anilines is 1. The molecule has 0 unspecified atom stereocenters. The Morgan fingerprint density at radius 2 is 2.18 bits per heavy atom. The number of hydrogen-bond donors (Lipinski definition) is 2. The zero-order valence-corrected chi connectivity index (χ0v) is 6.19. The third-order valence-electron chi connectivity index (χ3n) is 1.52. The van der Waals surface area contributed by atoms with E-state index in [1.807, 2.05) is 0 Å². The molecule has 1 rings (SSSR count). The fourth-order valence-electron chi connectivity index (χ4n) is 0.844. The van der Waals surface area contributed by atoms with Gasteiger partial charge in [-0.15, -0.1) is 0 Å². The molecule has 2 nitrogen and oxygen atoms in total. The number of benzene rings is 1. The molecule has 0 saturated heterocycles. The number of nitrogens with two attached hydrogens (primary N) is 1. The number of aryl methyl sites for hydroxylation is 1. The third-order valence-corrected chi connectivity index (χ3v) is 1.52. The monoisotopic (exact) mass is 152 g/mol. The van der Waals surface area contributed by atoms with Crippen LogP contribution < -0.4 is 5.73 Å². The first kappa shape index (κ1) is 7.72. The first-order valence-electron chi connectivity index (χ1n) is 3.21. The van der Waals surface area contributed by atoms with Gasteiger partial charge in [0.05, 0.1) is 0 Å². The molecule has 0 spiro atoms. The van der Waals surface area contributed by atoms with Gasteiger partial charge in [0.15, 0.2) is 0 Å². The summed E-state index contributed by atoms with van der Waals surface area (Å²) < 4.78 is 12.8. The SMILES string of the molecule is Cc1cc(N)c(C=N)cc1F. The van der Waals surface area contributed by atoms with Gasteiger partial charge in [-0.3, -0.25) is 0 Å². The second-order valence-corrected chi connectivity index (χ2v) is 2.37. The Hall–Kier alpha value is -1.38. The van der Waals surface area contributed by atoms with Crippen molar-refractivity contribution in [3.63, 3.8) is 0 Å². The standard InChI is InChI=1S/C8H9FN2/c1-5-2-8(11)6(4-10)3-7(5)9/h2-4,10H,11H2,1H3. The lowest BCUT2D eigenvalue weighted by atomic mass is 10.1. The van der Waals surface area contributed by atoms with Gasteiger partial charge >= 0.3 is 0 Å². The molecule has 58 valence electrons. The Morgan fingerprint density at radius 1 is 1.55 bits per heavy atom. The summed E-state index contributed by atoms with van der Waals surface area (Å²) in [5.41, 5.74) is 6.86. The van der Waals surface area contributed by atoms with E-state index < -0.39 is 0 Å². The van der Waals surface area contributed by atoms with Gasteiger partial charge in [0, 0.05) is 17.5 Å². The van der Waals surface area contributed by atoms with Crippen LogP contribution in [0.15, 0.2) is 12.1 Å². The summed E-state index contributed by atoms with van der Waals surface area (Å²) in [6.07, 6.45) is 1.04. The van der Waals surface area contributed by atoms with E-state index in [0.717, 1.165) is 6.21 Å². The Labute approximate surface area is 64.4 Å². The highest BCUT2D eigenvalue weighted by atomic mass is 19.1. The fraction of sp³-hybridized carbons (Fsp3) is 0.125. The van der Waals surface area contributed by atoms with Crippen LogP contribution in [-0.2, 0) is 0 Å². The smallest absolute Gasteiger partial charge is 0.126 e. The van der Waals surface area contributed by atoms with Gasteiger partial charge in [-0.25, -0.2) is 4.39 Å². The largest absolute Gasteiger partial charge is 0.398 e. The Morgan fingerprint density at radius 3 is 2.73 bits per heavy atom. The van der Waals surface area contributed by atoms with Crippen molar-refractivity contribution < 1.29 is 4.39 Å². The molecule has 3 N–H and O–H groups in total. The molecule has 0 aliphatic heterocycles. The number of nitrogens with one attached hydrogen (secondary N) is 1. The lowest BCUT2D eigenvalue weighted by molar-refractivity contribution is 0.618. The van der Waals surface area contributed by atoms with Crippen LogP contribution in [0.5, 0.6) is 0 Å². The Kier molecular flexibility index (Phi) is 1.89. The van der Waals surface area contributed by atoms with Crippen LogP contribution in [0.3, 0.4) is 0 Å². The molecule has 0 aliphatic carbocycles. The lowest BCUT2D eigenvalue weighted by Crippen LogP contribution is -1.95. The molecule has 11 heavy (non-hydrogen) atoms. The number of halogens is 1. The lowest BCUT2D eigenvalue weighted by Gasteiger charge is -2.01. The van der Waals surface area contributed by atoms with Crippen molar-refractivity contribution in [2.24, 2.45) is 0 Å². The predicted octanol–water partition coefficient (Wildman–Crippen LogP) is 1.71. The minimum absolute atomic E-state index is 0.322. The maximum absolute atomic E-state index is 12.8. The van der Waals surface area contributed by atoms with Gasteiger partial charge in [0.25, 0.3) is 0 Å². The topological polar surface area (TPSA) is 49.9 Å². The van der Waals surface area contributed by atoms with Crippen LogP contribution in [-0.4, -0.2) is 6.21 Å². The number of nitrogen functional groups attached to an aromatic ring is 1. The summed E-state index contributed by atoms with van der Waals surface area (Å²) in [5.74, 6) is -0.322. The van der Waals surface area contributed by atoms with E-state index in [-0.39, 0.29) is 5.82 Å². The zero-order valence-electron chi connectivity index (χ0n) is 6.19.